The third-order valence-corrected chi connectivity index (χ3v) is 4.29. The van der Waals surface area contributed by atoms with Crippen molar-refractivity contribution in [3.05, 3.63) is 77.4 Å². The number of hydrogen-bond donors (Lipinski definition) is 0. The molecule has 104 valence electrons. The first-order valence-corrected chi connectivity index (χ1v) is 7.55. The van der Waals surface area contributed by atoms with E-state index in [1.54, 1.807) is 0 Å². The first-order valence-electron chi connectivity index (χ1n) is 7.02. The van der Waals surface area contributed by atoms with Crippen LogP contribution in [-0.2, 0) is 12.3 Å². The normalized spacial score (nSPS) is 16.3. The first-order chi connectivity index (χ1) is 10.4. The van der Waals surface area contributed by atoms with Gasteiger partial charge in [0.25, 0.3) is 0 Å². The number of benzene rings is 2. The molecule has 0 amide bonds. The van der Waals surface area contributed by atoms with E-state index in [-0.39, 0.29) is 0 Å². The molecule has 0 saturated carbocycles. The largest absolute Gasteiger partial charge is 0.281 e. The van der Waals surface area contributed by atoms with Crippen LogP contribution in [0.4, 0.5) is 0 Å². The van der Waals surface area contributed by atoms with Crippen LogP contribution < -0.4 is 0 Å². The van der Waals surface area contributed by atoms with Gasteiger partial charge in [-0.15, -0.1) is 21.8 Å². The highest BCUT2D eigenvalue weighted by molar-refractivity contribution is 6.16. The van der Waals surface area contributed by atoms with Gasteiger partial charge in [-0.2, -0.15) is 0 Å². The molecule has 1 unspecified atom stereocenters. The van der Waals surface area contributed by atoms with Crippen molar-refractivity contribution in [1.82, 2.24) is 14.8 Å². The monoisotopic (exact) mass is 295 g/mol. The van der Waals surface area contributed by atoms with Gasteiger partial charge in [0.2, 0.25) is 0 Å². The van der Waals surface area contributed by atoms with E-state index < -0.39 is 0 Å². The Kier molecular flexibility index (Phi) is 3.00. The number of aromatic nitrogens is 3. The number of alkyl halides is 1. The van der Waals surface area contributed by atoms with Crippen LogP contribution in [0.15, 0.2) is 54.6 Å². The van der Waals surface area contributed by atoms with Crippen molar-refractivity contribution < 1.29 is 0 Å². The summed E-state index contributed by atoms with van der Waals surface area (Å²) in [6, 6.07) is 18.7. The van der Waals surface area contributed by atoms with Gasteiger partial charge in [-0.1, -0.05) is 42.5 Å². The maximum atomic E-state index is 6.04. The van der Waals surface area contributed by atoms with Gasteiger partial charge in [0.1, 0.15) is 5.82 Å². The summed E-state index contributed by atoms with van der Waals surface area (Å²) in [7, 11) is 0. The van der Waals surface area contributed by atoms with Crippen molar-refractivity contribution >= 4 is 11.6 Å². The minimum absolute atomic E-state index is 0.311. The van der Waals surface area contributed by atoms with Crippen LogP contribution in [0.2, 0.25) is 0 Å². The molecule has 4 rings (SSSR count). The van der Waals surface area contributed by atoms with Crippen molar-refractivity contribution in [3.63, 3.8) is 0 Å². The second kappa shape index (κ2) is 5.01. The van der Waals surface area contributed by atoms with Crippen LogP contribution in [0.25, 0.3) is 5.69 Å². The molecule has 0 aliphatic heterocycles. The highest BCUT2D eigenvalue weighted by Gasteiger charge is 2.32. The summed E-state index contributed by atoms with van der Waals surface area (Å²) in [6.07, 6.45) is 1.02. The maximum Gasteiger partial charge on any atom is 0.152 e. The maximum absolute atomic E-state index is 6.04. The Morgan fingerprint density at radius 1 is 1.00 bits per heavy atom. The molecule has 4 heteroatoms. The summed E-state index contributed by atoms with van der Waals surface area (Å²) in [5, 5.41) is 8.68. The van der Waals surface area contributed by atoms with Gasteiger partial charge in [0.05, 0.1) is 5.88 Å². The third kappa shape index (κ3) is 1.96. The fourth-order valence-electron chi connectivity index (χ4n) is 2.99. The summed E-state index contributed by atoms with van der Waals surface area (Å²) in [5.74, 6) is 2.44. The molecule has 1 heterocycles. The van der Waals surface area contributed by atoms with Crippen molar-refractivity contribution in [1.29, 1.82) is 0 Å². The molecule has 0 bridgehead atoms. The topological polar surface area (TPSA) is 30.7 Å². The minimum atomic E-state index is 0.311. The summed E-state index contributed by atoms with van der Waals surface area (Å²) in [6.45, 7) is 0. The SMILES string of the molecule is ClCc1nnc(C2Cc3ccccc32)n1-c1ccccc1. The number of hydrogen-bond acceptors (Lipinski definition) is 2. The average molecular weight is 296 g/mol. The van der Waals surface area contributed by atoms with E-state index in [1.165, 1.54) is 11.1 Å². The van der Waals surface area contributed by atoms with E-state index in [4.69, 9.17) is 11.6 Å². The lowest BCUT2D eigenvalue weighted by Crippen LogP contribution is -2.22. The molecular weight excluding hydrogens is 282 g/mol. The van der Waals surface area contributed by atoms with Crippen LogP contribution in [0.3, 0.4) is 0 Å². The quantitative estimate of drug-likeness (QED) is 0.690. The van der Waals surface area contributed by atoms with Gasteiger partial charge in [-0.05, 0) is 29.7 Å². The smallest absolute Gasteiger partial charge is 0.152 e. The lowest BCUT2D eigenvalue weighted by Gasteiger charge is -2.29. The van der Waals surface area contributed by atoms with Crippen molar-refractivity contribution in [3.8, 4) is 5.69 Å². The van der Waals surface area contributed by atoms with Crippen LogP contribution >= 0.6 is 11.6 Å². The number of halogens is 1. The fourth-order valence-corrected chi connectivity index (χ4v) is 3.16. The molecule has 2 aromatic carbocycles. The van der Waals surface area contributed by atoms with E-state index >= 15 is 0 Å². The van der Waals surface area contributed by atoms with Gasteiger partial charge in [-0.3, -0.25) is 4.57 Å². The number of fused-ring (bicyclic) bond motifs is 1. The zero-order chi connectivity index (χ0) is 14.2. The summed E-state index contributed by atoms with van der Waals surface area (Å²) >= 11 is 6.04. The summed E-state index contributed by atoms with van der Waals surface area (Å²) in [5.41, 5.74) is 3.82. The molecule has 21 heavy (non-hydrogen) atoms. The van der Waals surface area contributed by atoms with E-state index in [1.807, 2.05) is 18.2 Å². The molecule has 0 N–H and O–H groups in total. The van der Waals surface area contributed by atoms with Gasteiger partial charge in [0, 0.05) is 11.6 Å². The average Bonchev–Trinajstić information content (AvgIpc) is 2.93. The van der Waals surface area contributed by atoms with Crippen molar-refractivity contribution in [2.75, 3.05) is 0 Å². The lowest BCUT2D eigenvalue weighted by molar-refractivity contribution is 0.642. The van der Waals surface area contributed by atoms with E-state index in [9.17, 15) is 0 Å². The van der Waals surface area contributed by atoms with Crippen molar-refractivity contribution in [2.24, 2.45) is 0 Å². The lowest BCUT2D eigenvalue weighted by atomic mass is 9.77. The second-order valence-electron chi connectivity index (χ2n) is 5.23. The van der Waals surface area contributed by atoms with Crippen LogP contribution in [-0.4, -0.2) is 14.8 Å². The molecule has 0 fully saturated rings. The number of nitrogens with zero attached hydrogens (tertiary/aromatic N) is 3. The molecule has 0 radical (unpaired) electrons. The molecule has 1 aliphatic rings. The van der Waals surface area contributed by atoms with Crippen LogP contribution in [0.5, 0.6) is 0 Å². The second-order valence-corrected chi connectivity index (χ2v) is 5.50. The van der Waals surface area contributed by atoms with Gasteiger partial charge in [-0.25, -0.2) is 0 Å². The van der Waals surface area contributed by atoms with Gasteiger partial charge < -0.3 is 0 Å². The van der Waals surface area contributed by atoms with Crippen LogP contribution in [0.1, 0.15) is 28.7 Å². The Morgan fingerprint density at radius 3 is 2.52 bits per heavy atom. The zero-order valence-corrected chi connectivity index (χ0v) is 12.2. The van der Waals surface area contributed by atoms with E-state index in [0.717, 1.165) is 23.8 Å². The minimum Gasteiger partial charge on any atom is -0.281 e. The van der Waals surface area contributed by atoms with Gasteiger partial charge >= 0.3 is 0 Å². The van der Waals surface area contributed by atoms with Crippen molar-refractivity contribution in [2.45, 2.75) is 18.2 Å². The molecule has 1 aromatic heterocycles. The van der Waals surface area contributed by atoms with E-state index in [0.29, 0.717) is 11.8 Å². The van der Waals surface area contributed by atoms with Crippen LogP contribution in [0, 0.1) is 0 Å². The molecule has 0 saturated heterocycles. The zero-order valence-electron chi connectivity index (χ0n) is 11.4. The molecule has 0 spiro atoms. The molecule has 1 atom stereocenters. The predicted octanol–water partition coefficient (Wildman–Crippen LogP) is 3.69. The highest BCUT2D eigenvalue weighted by Crippen LogP contribution is 2.40. The molecular formula is C17H14ClN3. The number of para-hydroxylation sites is 1. The predicted molar refractivity (Wildman–Crippen MR) is 82.9 cm³/mol. The standard InChI is InChI=1S/C17H14ClN3/c18-11-16-19-20-17(21(16)13-7-2-1-3-8-13)15-10-12-6-4-5-9-14(12)15/h1-9,15H,10-11H2. The van der Waals surface area contributed by atoms with Gasteiger partial charge in [0.15, 0.2) is 5.82 Å². The third-order valence-electron chi connectivity index (χ3n) is 4.06. The highest BCUT2D eigenvalue weighted by atomic mass is 35.5. The molecule has 1 aliphatic carbocycles. The Labute approximate surface area is 128 Å². The Morgan fingerprint density at radius 2 is 1.76 bits per heavy atom. The Bertz CT molecular complexity index is 780. The molecule has 3 aromatic rings. The summed E-state index contributed by atoms with van der Waals surface area (Å²) < 4.78 is 2.09. The first kappa shape index (κ1) is 12.6. The fraction of sp³-hybridized carbons (Fsp3) is 0.176. The number of rotatable bonds is 3. The Hall–Kier alpha value is -2.13. The Balaban J connectivity index is 1.83. The van der Waals surface area contributed by atoms with E-state index in [2.05, 4.69) is 51.2 Å². The molecule has 3 nitrogen and oxygen atoms in total. The summed E-state index contributed by atoms with van der Waals surface area (Å²) in [4.78, 5) is 0.